The summed E-state index contributed by atoms with van der Waals surface area (Å²) in [5, 5.41) is 0. The summed E-state index contributed by atoms with van der Waals surface area (Å²) in [5.41, 5.74) is 13.3. The third kappa shape index (κ3) is 3.65. The highest BCUT2D eigenvalue weighted by Crippen LogP contribution is 2.52. The summed E-state index contributed by atoms with van der Waals surface area (Å²) in [7, 11) is 0. The number of fused-ring (bicyclic) bond motifs is 6. The molecule has 8 rings (SSSR count). The van der Waals surface area contributed by atoms with Gasteiger partial charge in [-0.2, -0.15) is 0 Å². The molecule has 2 aliphatic carbocycles. The van der Waals surface area contributed by atoms with E-state index < -0.39 is 0 Å². The Morgan fingerprint density at radius 2 is 1.26 bits per heavy atom. The van der Waals surface area contributed by atoms with Crippen molar-refractivity contribution in [2.45, 2.75) is 38.2 Å². The summed E-state index contributed by atoms with van der Waals surface area (Å²) in [4.78, 5) is 2.36. The fraction of sp³-hybridized carbons (Fsp3) is 0.150. The zero-order valence-corrected chi connectivity index (χ0v) is 24.3. The zero-order chi connectivity index (χ0) is 28.5. The topological polar surface area (TPSA) is 12.5 Å². The molecule has 0 saturated carbocycles. The van der Waals surface area contributed by atoms with E-state index in [0.29, 0.717) is 0 Å². The van der Waals surface area contributed by atoms with Crippen LogP contribution >= 0.6 is 0 Å². The Labute approximate surface area is 248 Å². The third-order valence-electron chi connectivity index (χ3n) is 9.38. The van der Waals surface area contributed by atoms with Gasteiger partial charge in [-0.05, 0) is 71.1 Å². The van der Waals surface area contributed by atoms with Crippen LogP contribution in [0.15, 0.2) is 133 Å². The first-order chi connectivity index (χ1) is 20.4. The predicted molar refractivity (Wildman–Crippen MR) is 175 cm³/mol. The summed E-state index contributed by atoms with van der Waals surface area (Å²) < 4.78 is 6.66. The lowest BCUT2D eigenvalue weighted by molar-refractivity contribution is 0.171. The second kappa shape index (κ2) is 9.09. The molecular formula is C40H33NO. The van der Waals surface area contributed by atoms with Crippen LogP contribution < -0.4 is 9.64 Å². The van der Waals surface area contributed by atoms with Gasteiger partial charge in [-0.3, -0.25) is 0 Å². The van der Waals surface area contributed by atoms with Crippen molar-refractivity contribution in [3.05, 3.63) is 150 Å². The minimum absolute atomic E-state index is 0.0549. The van der Waals surface area contributed by atoms with E-state index in [9.17, 15) is 0 Å². The van der Waals surface area contributed by atoms with Crippen molar-refractivity contribution in [1.29, 1.82) is 0 Å². The lowest BCUT2D eigenvalue weighted by Gasteiger charge is -2.28. The van der Waals surface area contributed by atoms with Crippen molar-refractivity contribution in [3.63, 3.8) is 0 Å². The van der Waals surface area contributed by atoms with Crippen molar-refractivity contribution >= 4 is 22.6 Å². The number of rotatable bonds is 4. The van der Waals surface area contributed by atoms with E-state index in [1.807, 2.05) is 0 Å². The molecule has 0 bridgehead atoms. The van der Waals surface area contributed by atoms with Gasteiger partial charge in [-0.25, -0.2) is 0 Å². The van der Waals surface area contributed by atoms with Crippen LogP contribution in [0.2, 0.25) is 0 Å². The van der Waals surface area contributed by atoms with Crippen molar-refractivity contribution < 1.29 is 4.74 Å². The van der Waals surface area contributed by atoms with E-state index in [2.05, 4.69) is 159 Å². The molecule has 1 atom stereocenters. The summed E-state index contributed by atoms with van der Waals surface area (Å²) in [6.07, 6.45) is 7.44. The normalized spacial score (nSPS) is 18.8. The van der Waals surface area contributed by atoms with Gasteiger partial charge in [0, 0.05) is 45.6 Å². The van der Waals surface area contributed by atoms with E-state index in [-0.39, 0.29) is 11.0 Å². The quantitative estimate of drug-likeness (QED) is 0.224. The molecule has 0 N–H and O–H groups in total. The number of hydrogen-bond donors (Lipinski definition) is 0. The second-order valence-electron chi connectivity index (χ2n) is 12.3. The fourth-order valence-corrected chi connectivity index (χ4v) is 7.17. The van der Waals surface area contributed by atoms with Gasteiger partial charge in [-0.1, -0.05) is 111 Å². The Balaban J connectivity index is 1.21. The summed E-state index contributed by atoms with van der Waals surface area (Å²) >= 11 is 0. The molecule has 0 amide bonds. The molecule has 1 aliphatic heterocycles. The van der Waals surface area contributed by atoms with Crippen LogP contribution in [0.25, 0.3) is 27.8 Å². The Morgan fingerprint density at radius 3 is 2.10 bits per heavy atom. The molecule has 2 nitrogen and oxygen atoms in total. The highest BCUT2D eigenvalue weighted by molar-refractivity contribution is 5.90. The van der Waals surface area contributed by atoms with Crippen LogP contribution in [0.3, 0.4) is 0 Å². The molecule has 1 unspecified atom stereocenters. The Morgan fingerprint density at radius 1 is 0.595 bits per heavy atom. The van der Waals surface area contributed by atoms with Crippen LogP contribution in [0, 0.1) is 0 Å². The van der Waals surface area contributed by atoms with Gasteiger partial charge in [0.1, 0.15) is 11.4 Å². The molecule has 2 heteroatoms. The molecule has 0 radical (unpaired) electrons. The number of nitrogens with zero attached hydrogens (tertiary/aromatic N) is 1. The van der Waals surface area contributed by atoms with Crippen LogP contribution in [-0.4, -0.2) is 5.60 Å². The standard InChI is InChI=1S/C40H33NO/c1-39(2)35-17-8-7-14-32(35)33-24-23-30(26-37(33)39)41(28-12-5-4-6-13-28)29-21-19-27(20-22-29)31-15-11-16-34-36-18-9-10-25-40(36,3)42-38(31)34/h4-24,26H,25H2,1-3H3. The van der Waals surface area contributed by atoms with Gasteiger partial charge < -0.3 is 9.64 Å². The monoisotopic (exact) mass is 543 g/mol. The lowest BCUT2D eigenvalue weighted by atomic mass is 9.82. The Hall–Kier alpha value is -4.82. The average Bonchev–Trinajstić information content (AvgIpc) is 3.46. The largest absolute Gasteiger partial charge is 0.481 e. The lowest BCUT2D eigenvalue weighted by Crippen LogP contribution is -2.29. The van der Waals surface area contributed by atoms with Crippen LogP contribution in [0.4, 0.5) is 17.1 Å². The Kier molecular flexibility index (Phi) is 5.40. The molecule has 3 aliphatic rings. The fourth-order valence-electron chi connectivity index (χ4n) is 7.17. The number of allylic oxidation sites excluding steroid dienone is 2. The minimum Gasteiger partial charge on any atom is -0.481 e. The van der Waals surface area contributed by atoms with Crippen LogP contribution in [-0.2, 0) is 5.41 Å². The maximum absolute atomic E-state index is 6.66. The summed E-state index contributed by atoms with van der Waals surface area (Å²) in [5.74, 6) is 0.989. The first-order valence-corrected chi connectivity index (χ1v) is 14.8. The molecule has 1 heterocycles. The SMILES string of the molecule is CC12CC=CC=C1c1cccc(-c3ccc(N(c4ccccc4)c4ccc5c(c4)C(C)(C)c4ccccc4-5)cc3)c1O2. The molecule has 5 aromatic rings. The average molecular weight is 544 g/mol. The first kappa shape index (κ1) is 24.9. The van der Waals surface area contributed by atoms with Crippen molar-refractivity contribution in [3.8, 4) is 28.0 Å². The van der Waals surface area contributed by atoms with Crippen molar-refractivity contribution in [2.75, 3.05) is 4.90 Å². The van der Waals surface area contributed by atoms with Gasteiger partial charge in [0.2, 0.25) is 0 Å². The van der Waals surface area contributed by atoms with Gasteiger partial charge in [0.25, 0.3) is 0 Å². The second-order valence-corrected chi connectivity index (χ2v) is 12.3. The minimum atomic E-state index is -0.293. The molecule has 0 aromatic heterocycles. The van der Waals surface area contributed by atoms with Crippen LogP contribution in [0.5, 0.6) is 5.75 Å². The zero-order valence-electron chi connectivity index (χ0n) is 24.3. The smallest absolute Gasteiger partial charge is 0.136 e. The van der Waals surface area contributed by atoms with Crippen molar-refractivity contribution in [2.24, 2.45) is 0 Å². The van der Waals surface area contributed by atoms with Gasteiger partial charge in [0.05, 0.1) is 0 Å². The molecule has 0 fully saturated rings. The molecular weight excluding hydrogens is 510 g/mol. The summed E-state index contributed by atoms with van der Waals surface area (Å²) in [6.45, 7) is 6.88. The molecule has 0 spiro atoms. The summed E-state index contributed by atoms with van der Waals surface area (Å²) in [6, 6.07) is 41.9. The van der Waals surface area contributed by atoms with Gasteiger partial charge >= 0.3 is 0 Å². The number of ether oxygens (including phenoxy) is 1. The molecule has 5 aromatic carbocycles. The highest BCUT2D eigenvalue weighted by atomic mass is 16.5. The van der Waals surface area contributed by atoms with E-state index in [0.717, 1.165) is 40.4 Å². The van der Waals surface area contributed by atoms with E-state index in [1.54, 1.807) is 0 Å². The third-order valence-corrected chi connectivity index (χ3v) is 9.38. The maximum atomic E-state index is 6.66. The van der Waals surface area contributed by atoms with E-state index >= 15 is 0 Å². The Bertz CT molecular complexity index is 1910. The maximum Gasteiger partial charge on any atom is 0.136 e. The molecule has 42 heavy (non-hydrogen) atoms. The molecule has 0 saturated heterocycles. The van der Waals surface area contributed by atoms with E-state index in [1.165, 1.54) is 33.4 Å². The van der Waals surface area contributed by atoms with E-state index in [4.69, 9.17) is 4.74 Å². The van der Waals surface area contributed by atoms with Crippen molar-refractivity contribution in [1.82, 2.24) is 0 Å². The van der Waals surface area contributed by atoms with Crippen LogP contribution in [0.1, 0.15) is 43.9 Å². The van der Waals surface area contributed by atoms with Gasteiger partial charge in [0.15, 0.2) is 0 Å². The number of hydrogen-bond acceptors (Lipinski definition) is 2. The number of anilines is 3. The number of benzene rings is 5. The predicted octanol–water partition coefficient (Wildman–Crippen LogP) is 10.6. The van der Waals surface area contributed by atoms with Gasteiger partial charge in [-0.15, -0.1) is 0 Å². The number of para-hydroxylation sites is 2. The highest BCUT2D eigenvalue weighted by Gasteiger charge is 2.41. The first-order valence-electron chi connectivity index (χ1n) is 14.8. The molecule has 204 valence electrons.